The van der Waals surface area contributed by atoms with Crippen molar-refractivity contribution in [3.05, 3.63) is 60.6 Å². The van der Waals surface area contributed by atoms with Crippen molar-refractivity contribution in [3.63, 3.8) is 0 Å². The van der Waals surface area contributed by atoms with Gasteiger partial charge in [0, 0.05) is 23.9 Å². The predicted octanol–water partition coefficient (Wildman–Crippen LogP) is 1.79. The van der Waals surface area contributed by atoms with Gasteiger partial charge in [0.1, 0.15) is 0 Å². The Bertz CT molecular complexity index is 675. The summed E-state index contributed by atoms with van der Waals surface area (Å²) in [5.74, 6) is 0.673. The molecule has 3 rings (SSSR count). The molecule has 5 nitrogen and oxygen atoms in total. The van der Waals surface area contributed by atoms with Crippen molar-refractivity contribution < 1.29 is 0 Å². The van der Waals surface area contributed by atoms with Gasteiger partial charge in [-0.25, -0.2) is 4.68 Å². The van der Waals surface area contributed by atoms with Gasteiger partial charge in [0.25, 0.3) is 0 Å². The third kappa shape index (κ3) is 2.23. The summed E-state index contributed by atoms with van der Waals surface area (Å²) in [4.78, 5) is 0. The third-order valence-corrected chi connectivity index (χ3v) is 2.91. The number of hydrogen-bond acceptors (Lipinski definition) is 4. The molecule has 0 aliphatic rings. The van der Waals surface area contributed by atoms with Gasteiger partial charge in [0.15, 0.2) is 5.82 Å². The van der Waals surface area contributed by atoms with Crippen LogP contribution in [0.4, 0.5) is 0 Å². The Labute approximate surface area is 110 Å². The summed E-state index contributed by atoms with van der Waals surface area (Å²) in [6.07, 6.45) is 5.37. The van der Waals surface area contributed by atoms with Crippen LogP contribution in [0.25, 0.3) is 16.9 Å². The summed E-state index contributed by atoms with van der Waals surface area (Å²) >= 11 is 0. The summed E-state index contributed by atoms with van der Waals surface area (Å²) in [5, 5.41) is 12.3. The average molecular weight is 251 g/mol. The van der Waals surface area contributed by atoms with Crippen LogP contribution in [0.1, 0.15) is 5.56 Å². The van der Waals surface area contributed by atoms with Gasteiger partial charge in [0.2, 0.25) is 0 Å². The lowest BCUT2D eigenvalue weighted by Crippen LogP contribution is -2.07. The van der Waals surface area contributed by atoms with Crippen LogP contribution < -0.4 is 5.73 Å². The Morgan fingerprint density at radius 1 is 1.05 bits per heavy atom. The zero-order valence-electron chi connectivity index (χ0n) is 10.3. The highest BCUT2D eigenvalue weighted by molar-refractivity contribution is 5.61. The quantitative estimate of drug-likeness (QED) is 0.770. The molecule has 0 saturated carbocycles. The first-order valence-electron chi connectivity index (χ1n) is 5.99. The van der Waals surface area contributed by atoms with Crippen LogP contribution >= 0.6 is 0 Å². The fourth-order valence-electron chi connectivity index (χ4n) is 1.92. The van der Waals surface area contributed by atoms with Gasteiger partial charge in [-0.05, 0) is 11.6 Å². The number of hydrogen-bond donors (Lipinski definition) is 1. The number of rotatable bonds is 3. The van der Waals surface area contributed by atoms with Crippen molar-refractivity contribution >= 4 is 0 Å². The maximum Gasteiger partial charge on any atom is 0.180 e. The van der Waals surface area contributed by atoms with Crippen molar-refractivity contribution in [2.24, 2.45) is 5.73 Å². The monoisotopic (exact) mass is 251 g/mol. The summed E-state index contributed by atoms with van der Waals surface area (Å²) in [6, 6.07) is 11.9. The SMILES string of the molecule is NCc1ccnnc1-n1cc(-c2ccccc2)cn1. The first-order valence-corrected chi connectivity index (χ1v) is 5.99. The fourth-order valence-corrected chi connectivity index (χ4v) is 1.92. The van der Waals surface area contributed by atoms with E-state index in [2.05, 4.69) is 15.3 Å². The molecular weight excluding hydrogens is 238 g/mol. The van der Waals surface area contributed by atoms with Crippen LogP contribution in [0.15, 0.2) is 55.0 Å². The molecule has 3 aromatic rings. The Kier molecular flexibility index (Phi) is 3.04. The molecule has 94 valence electrons. The molecule has 19 heavy (non-hydrogen) atoms. The summed E-state index contributed by atoms with van der Waals surface area (Å²) in [6.45, 7) is 0.408. The van der Waals surface area contributed by atoms with Crippen molar-refractivity contribution in [3.8, 4) is 16.9 Å². The smallest absolute Gasteiger partial charge is 0.180 e. The lowest BCUT2D eigenvalue weighted by molar-refractivity contribution is 0.791. The molecule has 0 amide bonds. The van der Waals surface area contributed by atoms with Gasteiger partial charge in [-0.2, -0.15) is 10.2 Å². The second-order valence-corrected chi connectivity index (χ2v) is 4.12. The highest BCUT2D eigenvalue weighted by atomic mass is 15.3. The summed E-state index contributed by atoms with van der Waals surface area (Å²) in [7, 11) is 0. The maximum atomic E-state index is 5.70. The van der Waals surface area contributed by atoms with Crippen molar-refractivity contribution in [1.82, 2.24) is 20.0 Å². The van der Waals surface area contributed by atoms with Gasteiger partial charge in [-0.15, -0.1) is 5.10 Å². The number of nitrogens with two attached hydrogens (primary N) is 1. The second kappa shape index (κ2) is 4.99. The van der Waals surface area contributed by atoms with Gasteiger partial charge < -0.3 is 5.73 Å². The van der Waals surface area contributed by atoms with E-state index in [9.17, 15) is 0 Å². The highest BCUT2D eigenvalue weighted by Crippen LogP contribution is 2.19. The molecule has 0 atom stereocenters. The Morgan fingerprint density at radius 3 is 2.68 bits per heavy atom. The van der Waals surface area contributed by atoms with E-state index in [0.29, 0.717) is 12.4 Å². The Hall–Kier alpha value is -2.53. The van der Waals surface area contributed by atoms with E-state index >= 15 is 0 Å². The van der Waals surface area contributed by atoms with E-state index in [-0.39, 0.29) is 0 Å². The van der Waals surface area contributed by atoms with Gasteiger partial charge in [-0.1, -0.05) is 30.3 Å². The van der Waals surface area contributed by atoms with E-state index in [1.165, 1.54) is 0 Å². The molecule has 1 aromatic carbocycles. The van der Waals surface area contributed by atoms with Crippen molar-refractivity contribution in [1.29, 1.82) is 0 Å². The lowest BCUT2D eigenvalue weighted by Gasteiger charge is -2.04. The molecule has 0 radical (unpaired) electrons. The molecule has 2 heterocycles. The largest absolute Gasteiger partial charge is 0.326 e. The molecule has 0 unspecified atom stereocenters. The first kappa shape index (κ1) is 11.6. The van der Waals surface area contributed by atoms with Crippen LogP contribution in [-0.2, 0) is 6.54 Å². The normalized spacial score (nSPS) is 10.6. The van der Waals surface area contributed by atoms with Crippen LogP contribution in [-0.4, -0.2) is 20.0 Å². The molecule has 2 aromatic heterocycles. The second-order valence-electron chi connectivity index (χ2n) is 4.12. The number of aromatic nitrogens is 4. The molecule has 0 spiro atoms. The average Bonchev–Trinajstić information content (AvgIpc) is 2.98. The zero-order chi connectivity index (χ0) is 13.1. The van der Waals surface area contributed by atoms with Crippen molar-refractivity contribution in [2.75, 3.05) is 0 Å². The molecule has 5 heteroatoms. The molecule has 0 bridgehead atoms. The van der Waals surface area contributed by atoms with Crippen LogP contribution in [0.2, 0.25) is 0 Å². The van der Waals surface area contributed by atoms with Crippen LogP contribution in [0, 0.1) is 0 Å². The summed E-state index contributed by atoms with van der Waals surface area (Å²) < 4.78 is 1.71. The first-order chi connectivity index (χ1) is 9.38. The van der Waals surface area contributed by atoms with E-state index in [1.54, 1.807) is 10.9 Å². The van der Waals surface area contributed by atoms with Gasteiger partial charge in [0.05, 0.1) is 12.4 Å². The predicted molar refractivity (Wildman–Crippen MR) is 72.5 cm³/mol. The minimum Gasteiger partial charge on any atom is -0.326 e. The molecule has 0 fully saturated rings. The summed E-state index contributed by atoms with van der Waals surface area (Å²) in [5.41, 5.74) is 8.77. The van der Waals surface area contributed by atoms with Gasteiger partial charge >= 0.3 is 0 Å². The minimum absolute atomic E-state index is 0.408. The van der Waals surface area contributed by atoms with E-state index in [1.807, 2.05) is 48.8 Å². The maximum absolute atomic E-state index is 5.70. The minimum atomic E-state index is 0.408. The fraction of sp³-hybridized carbons (Fsp3) is 0.0714. The lowest BCUT2D eigenvalue weighted by atomic mass is 10.1. The van der Waals surface area contributed by atoms with Gasteiger partial charge in [-0.3, -0.25) is 0 Å². The third-order valence-electron chi connectivity index (χ3n) is 2.91. The Morgan fingerprint density at radius 2 is 1.89 bits per heavy atom. The topological polar surface area (TPSA) is 69.6 Å². The zero-order valence-corrected chi connectivity index (χ0v) is 10.3. The van der Waals surface area contributed by atoms with Crippen LogP contribution in [0.5, 0.6) is 0 Å². The molecule has 0 aliphatic heterocycles. The number of benzene rings is 1. The van der Waals surface area contributed by atoms with E-state index in [0.717, 1.165) is 16.7 Å². The standard InChI is InChI=1S/C14H13N5/c15-8-12-6-7-16-18-14(12)19-10-13(9-17-19)11-4-2-1-3-5-11/h1-7,9-10H,8,15H2. The molecular formula is C14H13N5. The molecule has 2 N–H and O–H groups in total. The van der Waals surface area contributed by atoms with E-state index < -0.39 is 0 Å². The van der Waals surface area contributed by atoms with Crippen LogP contribution in [0.3, 0.4) is 0 Å². The molecule has 0 aliphatic carbocycles. The molecule has 0 saturated heterocycles. The Balaban J connectivity index is 2.02. The highest BCUT2D eigenvalue weighted by Gasteiger charge is 2.08. The van der Waals surface area contributed by atoms with E-state index in [4.69, 9.17) is 5.73 Å². The number of nitrogens with zero attached hydrogens (tertiary/aromatic N) is 4. The van der Waals surface area contributed by atoms with Crippen molar-refractivity contribution in [2.45, 2.75) is 6.54 Å².